The van der Waals surface area contributed by atoms with E-state index in [0.29, 0.717) is 54.6 Å². The topological polar surface area (TPSA) is 102 Å². The normalized spacial score (nSPS) is 14.6. The zero-order valence-corrected chi connectivity index (χ0v) is 27.3. The zero-order chi connectivity index (χ0) is 33.2. The number of amides is 1. The number of nitrogens with zero attached hydrogens (tertiary/aromatic N) is 4. The van der Waals surface area contributed by atoms with Gasteiger partial charge in [-0.2, -0.15) is 0 Å². The Kier molecular flexibility index (Phi) is 9.07. The SMILES string of the molecule is CC(C)(C)OC(=O)N1CCC(O)(Cn2ccc(-c3ccc4ncnc(Nc5ccc(OCc6cccc(F)c6)c(Cl)c5)c4c3)c2)CC1. The summed E-state index contributed by atoms with van der Waals surface area (Å²) in [6.45, 7) is 7.03. The summed E-state index contributed by atoms with van der Waals surface area (Å²) in [4.78, 5) is 23.0. The van der Waals surface area contributed by atoms with Crippen molar-refractivity contribution in [3.63, 3.8) is 0 Å². The lowest BCUT2D eigenvalue weighted by molar-refractivity contribution is -0.0413. The Hall–Kier alpha value is -4.67. The smallest absolute Gasteiger partial charge is 0.410 e. The molecule has 6 rings (SSSR count). The predicted molar refractivity (Wildman–Crippen MR) is 180 cm³/mol. The average molecular weight is 658 g/mol. The molecule has 1 amide bonds. The Bertz CT molecular complexity index is 1900. The Morgan fingerprint density at radius 3 is 2.60 bits per heavy atom. The highest BCUT2D eigenvalue weighted by Gasteiger charge is 2.35. The molecule has 0 radical (unpaired) electrons. The van der Waals surface area contributed by atoms with Crippen LogP contribution in [0.5, 0.6) is 5.75 Å². The molecule has 1 aliphatic heterocycles. The van der Waals surface area contributed by atoms with Crippen molar-refractivity contribution in [2.75, 3.05) is 18.4 Å². The minimum atomic E-state index is -0.926. The molecule has 1 aliphatic rings. The second-order valence-corrected chi connectivity index (χ2v) is 13.3. The molecule has 1 saturated heterocycles. The van der Waals surface area contributed by atoms with Crippen LogP contribution >= 0.6 is 11.6 Å². The highest BCUT2D eigenvalue weighted by atomic mass is 35.5. The molecule has 2 N–H and O–H groups in total. The van der Waals surface area contributed by atoms with E-state index in [1.165, 1.54) is 18.5 Å². The standard InChI is InChI=1S/C36H37ClFN5O4/c1-35(2,3)47-34(44)43-15-12-36(45,13-16-43)22-42-14-11-26(20-42)25-7-9-31-29(18-25)33(40-23-39-31)41-28-8-10-32(30(37)19-28)46-21-24-5-4-6-27(38)17-24/h4-11,14,17-20,23,45H,12-13,15-16,21-22H2,1-3H3,(H,39,40,41). The van der Waals surface area contributed by atoms with E-state index in [9.17, 15) is 14.3 Å². The second-order valence-electron chi connectivity index (χ2n) is 12.9. The molecular weight excluding hydrogens is 621 g/mol. The number of piperidine rings is 1. The van der Waals surface area contributed by atoms with Crippen LogP contribution in [0.15, 0.2) is 85.5 Å². The zero-order valence-electron chi connectivity index (χ0n) is 26.5. The Morgan fingerprint density at radius 1 is 1.04 bits per heavy atom. The maximum absolute atomic E-state index is 13.5. The summed E-state index contributed by atoms with van der Waals surface area (Å²) in [5.74, 6) is 0.785. The molecule has 0 bridgehead atoms. The highest BCUT2D eigenvalue weighted by Crippen LogP contribution is 2.33. The van der Waals surface area contributed by atoms with E-state index in [0.717, 1.165) is 27.7 Å². The van der Waals surface area contributed by atoms with Crippen LogP contribution in [-0.2, 0) is 17.9 Å². The molecule has 3 aromatic carbocycles. The number of aliphatic hydroxyl groups is 1. The summed E-state index contributed by atoms with van der Waals surface area (Å²) >= 11 is 6.53. The number of rotatable bonds is 8. The first-order chi connectivity index (χ1) is 22.4. The molecular formula is C36H37ClFN5O4. The molecule has 0 saturated carbocycles. The molecule has 0 aliphatic carbocycles. The van der Waals surface area contributed by atoms with Gasteiger partial charge in [-0.25, -0.2) is 19.2 Å². The van der Waals surface area contributed by atoms with E-state index >= 15 is 0 Å². The van der Waals surface area contributed by atoms with Crippen LogP contribution in [0, 0.1) is 5.82 Å². The Balaban J connectivity index is 1.12. The van der Waals surface area contributed by atoms with Crippen molar-refractivity contribution in [3.05, 3.63) is 102 Å². The van der Waals surface area contributed by atoms with E-state index < -0.39 is 11.2 Å². The fourth-order valence-corrected chi connectivity index (χ4v) is 5.83. The summed E-state index contributed by atoms with van der Waals surface area (Å²) in [7, 11) is 0. The molecule has 1 fully saturated rings. The van der Waals surface area contributed by atoms with E-state index in [2.05, 4.69) is 15.3 Å². The van der Waals surface area contributed by atoms with Gasteiger partial charge in [0.2, 0.25) is 0 Å². The number of aromatic nitrogens is 3. The van der Waals surface area contributed by atoms with Gasteiger partial charge in [0.15, 0.2) is 0 Å². The lowest BCUT2D eigenvalue weighted by Crippen LogP contribution is -2.49. The van der Waals surface area contributed by atoms with Crippen molar-refractivity contribution in [2.45, 2.75) is 58.0 Å². The van der Waals surface area contributed by atoms with Gasteiger partial charge in [-0.3, -0.25) is 0 Å². The van der Waals surface area contributed by atoms with Gasteiger partial charge >= 0.3 is 6.09 Å². The van der Waals surface area contributed by atoms with E-state index in [1.807, 2.05) is 68.1 Å². The average Bonchev–Trinajstić information content (AvgIpc) is 3.48. The molecule has 0 spiro atoms. The number of fused-ring (bicyclic) bond motifs is 1. The van der Waals surface area contributed by atoms with Crippen molar-refractivity contribution >= 4 is 40.1 Å². The summed E-state index contributed by atoms with van der Waals surface area (Å²) < 4.78 is 26.8. The molecule has 0 unspecified atom stereocenters. The van der Waals surface area contributed by atoms with Crippen LogP contribution in [-0.4, -0.2) is 54.9 Å². The van der Waals surface area contributed by atoms with Gasteiger partial charge in [0.25, 0.3) is 0 Å². The van der Waals surface area contributed by atoms with Crippen LogP contribution in [0.1, 0.15) is 39.2 Å². The molecule has 3 heterocycles. The summed E-state index contributed by atoms with van der Waals surface area (Å²) in [5, 5.41) is 15.9. The fourth-order valence-electron chi connectivity index (χ4n) is 5.60. The number of likely N-dealkylation sites (tertiary alicyclic amines) is 1. The Labute approximate surface area is 277 Å². The molecule has 11 heteroatoms. The first-order valence-electron chi connectivity index (χ1n) is 15.5. The minimum absolute atomic E-state index is 0.192. The summed E-state index contributed by atoms with van der Waals surface area (Å²) in [6.07, 6.45) is 6.06. The van der Waals surface area contributed by atoms with Gasteiger partial charge in [-0.1, -0.05) is 29.8 Å². The van der Waals surface area contributed by atoms with Crippen molar-refractivity contribution in [3.8, 4) is 16.9 Å². The van der Waals surface area contributed by atoms with Gasteiger partial charge in [-0.15, -0.1) is 0 Å². The number of carbonyl (C=O) groups excluding carboxylic acids is 1. The lowest BCUT2D eigenvalue weighted by Gasteiger charge is -2.38. The largest absolute Gasteiger partial charge is 0.487 e. The second kappa shape index (κ2) is 13.2. The molecule has 47 heavy (non-hydrogen) atoms. The van der Waals surface area contributed by atoms with Crippen LogP contribution in [0.25, 0.3) is 22.0 Å². The van der Waals surface area contributed by atoms with Gasteiger partial charge in [0.05, 0.1) is 22.7 Å². The number of nitrogens with one attached hydrogen (secondary N) is 1. The number of carbonyl (C=O) groups is 1. The minimum Gasteiger partial charge on any atom is -0.487 e. The van der Waals surface area contributed by atoms with Gasteiger partial charge in [0, 0.05) is 36.6 Å². The molecule has 9 nitrogen and oxygen atoms in total. The highest BCUT2D eigenvalue weighted by molar-refractivity contribution is 6.32. The maximum Gasteiger partial charge on any atom is 0.410 e. The van der Waals surface area contributed by atoms with Gasteiger partial charge in [-0.05, 0) is 98.8 Å². The fraction of sp³-hybridized carbons (Fsp3) is 0.306. The van der Waals surface area contributed by atoms with Gasteiger partial charge in [0.1, 0.15) is 35.9 Å². The summed E-state index contributed by atoms with van der Waals surface area (Å²) in [6, 6.07) is 19.6. The van der Waals surface area contributed by atoms with Crippen molar-refractivity contribution in [2.24, 2.45) is 0 Å². The molecule has 5 aromatic rings. The number of halogens is 2. The Morgan fingerprint density at radius 2 is 1.85 bits per heavy atom. The molecule has 2 aromatic heterocycles. The van der Waals surface area contributed by atoms with Crippen LogP contribution in [0.3, 0.4) is 0 Å². The van der Waals surface area contributed by atoms with Crippen molar-refractivity contribution < 1.29 is 23.8 Å². The van der Waals surface area contributed by atoms with Crippen molar-refractivity contribution in [1.82, 2.24) is 19.4 Å². The molecule has 0 atom stereocenters. The monoisotopic (exact) mass is 657 g/mol. The first kappa shape index (κ1) is 32.3. The number of hydrogen-bond acceptors (Lipinski definition) is 7. The lowest BCUT2D eigenvalue weighted by atomic mass is 9.91. The van der Waals surface area contributed by atoms with Crippen LogP contribution < -0.4 is 10.1 Å². The number of benzene rings is 3. The number of hydrogen-bond donors (Lipinski definition) is 2. The van der Waals surface area contributed by atoms with Gasteiger partial charge < -0.3 is 29.4 Å². The van der Waals surface area contributed by atoms with E-state index in [4.69, 9.17) is 21.1 Å². The third kappa shape index (κ3) is 8.01. The van der Waals surface area contributed by atoms with E-state index in [-0.39, 0.29) is 18.5 Å². The number of anilines is 2. The summed E-state index contributed by atoms with van der Waals surface area (Å²) in [5.41, 5.74) is 2.68. The third-order valence-electron chi connectivity index (χ3n) is 8.02. The third-order valence-corrected chi connectivity index (χ3v) is 8.32. The van der Waals surface area contributed by atoms with E-state index in [1.54, 1.807) is 29.2 Å². The predicted octanol–water partition coefficient (Wildman–Crippen LogP) is 7.98. The maximum atomic E-state index is 13.5. The quantitative estimate of drug-likeness (QED) is 0.174. The first-order valence-corrected chi connectivity index (χ1v) is 15.9. The molecule has 244 valence electrons. The number of ether oxygens (including phenoxy) is 2. The van der Waals surface area contributed by atoms with Crippen LogP contribution in [0.4, 0.5) is 20.7 Å². The van der Waals surface area contributed by atoms with Crippen molar-refractivity contribution in [1.29, 1.82) is 0 Å². The van der Waals surface area contributed by atoms with Crippen LogP contribution in [0.2, 0.25) is 5.02 Å².